The van der Waals surface area contributed by atoms with E-state index in [-0.39, 0.29) is 11.5 Å². The lowest BCUT2D eigenvalue weighted by Crippen LogP contribution is -2.31. The van der Waals surface area contributed by atoms with Gasteiger partial charge in [0.05, 0.1) is 16.3 Å². The van der Waals surface area contributed by atoms with Crippen molar-refractivity contribution in [2.75, 3.05) is 30.7 Å². The van der Waals surface area contributed by atoms with Crippen molar-refractivity contribution < 1.29 is 9.59 Å². The average molecular weight is 313 g/mol. The number of amides is 2. The van der Waals surface area contributed by atoms with Crippen molar-refractivity contribution in [3.63, 3.8) is 0 Å². The number of nitrogens with two attached hydrogens (primary N) is 2. The van der Waals surface area contributed by atoms with Crippen LogP contribution in [-0.4, -0.2) is 36.3 Å². The quantitative estimate of drug-likeness (QED) is 0.667. The van der Waals surface area contributed by atoms with Gasteiger partial charge in [0.25, 0.3) is 5.91 Å². The number of halogens is 1. The molecule has 5 N–H and O–H groups in total. The Bertz CT molecular complexity index is 530. The second-order valence-corrected chi connectivity index (χ2v) is 4.94. The number of carbonyl (C=O) groups is 2. The predicted octanol–water partition coefficient (Wildman–Crippen LogP) is 1.69. The lowest BCUT2D eigenvalue weighted by molar-refractivity contribution is -0.130. The van der Waals surface area contributed by atoms with Gasteiger partial charge in [-0.3, -0.25) is 9.59 Å². The average Bonchev–Trinajstić information content (AvgIpc) is 2.41. The third kappa shape index (κ3) is 4.53. The number of rotatable bonds is 7. The topological polar surface area (TPSA) is 101 Å². The van der Waals surface area contributed by atoms with E-state index in [9.17, 15) is 9.59 Å². The smallest absolute Gasteiger partial charge is 0.250 e. The van der Waals surface area contributed by atoms with Gasteiger partial charge < -0.3 is 21.7 Å². The van der Waals surface area contributed by atoms with Crippen LogP contribution in [0.15, 0.2) is 12.1 Å². The molecule has 0 aliphatic carbocycles. The van der Waals surface area contributed by atoms with Crippen LogP contribution in [0.2, 0.25) is 5.02 Å². The van der Waals surface area contributed by atoms with Crippen LogP contribution in [-0.2, 0) is 4.79 Å². The van der Waals surface area contributed by atoms with Crippen LogP contribution in [0.5, 0.6) is 0 Å². The van der Waals surface area contributed by atoms with Gasteiger partial charge in [0, 0.05) is 31.7 Å². The van der Waals surface area contributed by atoms with Gasteiger partial charge in [-0.15, -0.1) is 0 Å². The lowest BCUT2D eigenvalue weighted by atomic mass is 10.1. The minimum absolute atomic E-state index is 0.0414. The molecule has 1 rings (SSSR count). The summed E-state index contributed by atoms with van der Waals surface area (Å²) in [4.78, 5) is 25.0. The van der Waals surface area contributed by atoms with Crippen LogP contribution < -0.4 is 16.8 Å². The highest BCUT2D eigenvalue weighted by Crippen LogP contribution is 2.28. The van der Waals surface area contributed by atoms with Gasteiger partial charge in [0.2, 0.25) is 5.91 Å². The molecule has 0 saturated carbocycles. The first-order chi connectivity index (χ1) is 9.90. The number of hydrogen-bond acceptors (Lipinski definition) is 4. The van der Waals surface area contributed by atoms with Crippen LogP contribution in [0.3, 0.4) is 0 Å². The van der Waals surface area contributed by atoms with Crippen molar-refractivity contribution in [3.8, 4) is 0 Å². The zero-order valence-corrected chi connectivity index (χ0v) is 13.0. The summed E-state index contributed by atoms with van der Waals surface area (Å²) < 4.78 is 0. The number of nitrogens with zero attached hydrogens (tertiary/aromatic N) is 1. The van der Waals surface area contributed by atoms with Crippen molar-refractivity contribution in [2.24, 2.45) is 5.73 Å². The highest BCUT2D eigenvalue weighted by atomic mass is 35.5. The van der Waals surface area contributed by atoms with Crippen LogP contribution in [0.25, 0.3) is 0 Å². The SMILES string of the molecule is CCN(CC)C(=O)CCNc1c(Cl)cc(N)cc1C(N)=O. The van der Waals surface area contributed by atoms with E-state index in [0.717, 1.165) is 0 Å². The Morgan fingerprint density at radius 3 is 2.43 bits per heavy atom. The summed E-state index contributed by atoms with van der Waals surface area (Å²) in [5.41, 5.74) is 11.9. The highest BCUT2D eigenvalue weighted by Gasteiger charge is 2.14. The third-order valence-electron chi connectivity index (χ3n) is 3.13. The molecule has 0 atom stereocenters. The molecule has 6 nitrogen and oxygen atoms in total. The Morgan fingerprint density at radius 1 is 1.29 bits per heavy atom. The van der Waals surface area contributed by atoms with Crippen molar-refractivity contribution in [3.05, 3.63) is 22.7 Å². The molecule has 116 valence electrons. The van der Waals surface area contributed by atoms with Gasteiger partial charge in [-0.05, 0) is 26.0 Å². The first-order valence-electron chi connectivity index (χ1n) is 6.81. The van der Waals surface area contributed by atoms with Gasteiger partial charge in [0.1, 0.15) is 0 Å². The highest BCUT2D eigenvalue weighted by molar-refractivity contribution is 6.34. The fourth-order valence-electron chi connectivity index (χ4n) is 2.03. The molecule has 1 aromatic rings. The molecule has 2 amide bonds. The zero-order valence-electron chi connectivity index (χ0n) is 12.3. The normalized spacial score (nSPS) is 10.2. The Labute approximate surface area is 129 Å². The Morgan fingerprint density at radius 2 is 1.90 bits per heavy atom. The molecule has 0 bridgehead atoms. The number of benzene rings is 1. The lowest BCUT2D eigenvalue weighted by Gasteiger charge is -2.19. The summed E-state index contributed by atoms with van der Waals surface area (Å²) in [6.45, 7) is 5.56. The molecular weight excluding hydrogens is 292 g/mol. The number of anilines is 2. The zero-order chi connectivity index (χ0) is 16.0. The molecule has 0 aliphatic rings. The minimum Gasteiger partial charge on any atom is -0.399 e. The molecule has 0 aromatic heterocycles. The molecule has 0 radical (unpaired) electrons. The molecule has 21 heavy (non-hydrogen) atoms. The molecule has 7 heteroatoms. The molecule has 0 spiro atoms. The number of nitrogen functional groups attached to an aromatic ring is 1. The van der Waals surface area contributed by atoms with Gasteiger partial charge in [-0.25, -0.2) is 0 Å². The molecule has 0 heterocycles. The van der Waals surface area contributed by atoms with Crippen molar-refractivity contribution in [1.29, 1.82) is 0 Å². The summed E-state index contributed by atoms with van der Waals surface area (Å²) in [5.74, 6) is -0.582. The Hall–Kier alpha value is -1.95. The molecule has 0 saturated heterocycles. The van der Waals surface area contributed by atoms with E-state index in [1.54, 1.807) is 4.90 Å². The van der Waals surface area contributed by atoms with Crippen LogP contribution in [0.4, 0.5) is 11.4 Å². The van der Waals surface area contributed by atoms with Gasteiger partial charge in [0.15, 0.2) is 0 Å². The number of primary amides is 1. The second kappa shape index (κ2) is 7.73. The Balaban J connectivity index is 2.76. The van der Waals surface area contributed by atoms with Gasteiger partial charge >= 0.3 is 0 Å². The standard InChI is InChI=1S/C14H21ClN4O2/c1-3-19(4-2)12(20)5-6-18-13-10(14(17)21)7-9(16)8-11(13)15/h7-8,18H,3-6,16H2,1-2H3,(H2,17,21). The fraction of sp³-hybridized carbons (Fsp3) is 0.429. The van der Waals surface area contributed by atoms with E-state index in [1.165, 1.54) is 12.1 Å². The molecule has 1 aromatic carbocycles. The summed E-state index contributed by atoms with van der Waals surface area (Å²) in [5, 5.41) is 3.29. The number of hydrogen-bond donors (Lipinski definition) is 3. The largest absolute Gasteiger partial charge is 0.399 e. The molecule has 0 aliphatic heterocycles. The summed E-state index contributed by atoms with van der Waals surface area (Å²) in [6, 6.07) is 2.99. The van der Waals surface area contributed by atoms with Crippen LogP contribution >= 0.6 is 11.6 Å². The molecule has 0 unspecified atom stereocenters. The van der Waals surface area contributed by atoms with E-state index in [1.807, 2.05) is 13.8 Å². The summed E-state index contributed by atoms with van der Waals surface area (Å²) in [6.07, 6.45) is 0.306. The van der Waals surface area contributed by atoms with E-state index in [4.69, 9.17) is 23.1 Å². The van der Waals surface area contributed by atoms with E-state index in [2.05, 4.69) is 5.32 Å². The maximum absolute atomic E-state index is 11.9. The third-order valence-corrected chi connectivity index (χ3v) is 3.43. The predicted molar refractivity (Wildman–Crippen MR) is 85.4 cm³/mol. The van der Waals surface area contributed by atoms with Crippen LogP contribution in [0.1, 0.15) is 30.6 Å². The minimum atomic E-state index is -0.623. The van der Waals surface area contributed by atoms with E-state index in [0.29, 0.717) is 42.5 Å². The molecule has 0 fully saturated rings. The second-order valence-electron chi connectivity index (χ2n) is 4.53. The monoisotopic (exact) mass is 312 g/mol. The summed E-state index contributed by atoms with van der Waals surface area (Å²) in [7, 11) is 0. The molecular formula is C14H21ClN4O2. The fourth-order valence-corrected chi connectivity index (χ4v) is 2.33. The van der Waals surface area contributed by atoms with Gasteiger partial charge in [-0.2, -0.15) is 0 Å². The van der Waals surface area contributed by atoms with Crippen molar-refractivity contribution in [2.45, 2.75) is 20.3 Å². The van der Waals surface area contributed by atoms with Gasteiger partial charge in [-0.1, -0.05) is 11.6 Å². The van der Waals surface area contributed by atoms with E-state index < -0.39 is 5.91 Å². The maximum Gasteiger partial charge on any atom is 0.250 e. The number of carbonyl (C=O) groups excluding carboxylic acids is 2. The van der Waals surface area contributed by atoms with Crippen molar-refractivity contribution in [1.82, 2.24) is 4.90 Å². The maximum atomic E-state index is 11.9. The van der Waals surface area contributed by atoms with E-state index >= 15 is 0 Å². The summed E-state index contributed by atoms with van der Waals surface area (Å²) >= 11 is 6.07. The first kappa shape index (κ1) is 17.1. The first-order valence-corrected chi connectivity index (χ1v) is 7.18. The van der Waals surface area contributed by atoms with Crippen LogP contribution in [0, 0.1) is 0 Å². The number of nitrogens with one attached hydrogen (secondary N) is 1. The van der Waals surface area contributed by atoms with Crippen molar-refractivity contribution >= 4 is 34.8 Å². The Kier molecular flexibility index (Phi) is 6.30.